The summed E-state index contributed by atoms with van der Waals surface area (Å²) in [5.74, 6) is 1.50. The molecule has 0 N–H and O–H groups in total. The Bertz CT molecular complexity index is 840. The van der Waals surface area contributed by atoms with Crippen LogP contribution < -0.4 is 0 Å². The Hall–Kier alpha value is -2.06. The highest BCUT2D eigenvalue weighted by atomic mass is 33.1. The molecule has 0 atom stereocenters. The van der Waals surface area contributed by atoms with Crippen molar-refractivity contribution in [1.82, 2.24) is 30.0 Å². The minimum Gasteiger partial charge on any atom is -0.234 e. The molecule has 2 heterocycles. The maximum atomic E-state index is 4.18. The first-order valence-electron chi connectivity index (χ1n) is 6.73. The molecule has 4 rings (SSSR count). The van der Waals surface area contributed by atoms with E-state index in [0.29, 0.717) is 0 Å². The van der Waals surface area contributed by atoms with E-state index in [4.69, 9.17) is 0 Å². The van der Waals surface area contributed by atoms with E-state index >= 15 is 0 Å². The molecule has 8 heteroatoms. The number of aromatic nitrogens is 6. The number of hydrogen-bond acceptors (Lipinski definition) is 6. The third kappa shape index (κ3) is 2.55. The maximum absolute atomic E-state index is 4.18. The van der Waals surface area contributed by atoms with Crippen molar-refractivity contribution >= 4 is 43.7 Å². The monoisotopic (exact) mass is 328 g/mol. The normalized spacial score (nSPS) is 11.5. The molecule has 110 valence electrons. The minimum atomic E-state index is 0.748. The van der Waals surface area contributed by atoms with E-state index in [1.54, 1.807) is 21.6 Å². The van der Waals surface area contributed by atoms with Crippen molar-refractivity contribution in [2.75, 3.05) is 0 Å². The number of rotatable bonds is 5. The Balaban J connectivity index is 1.39. The van der Waals surface area contributed by atoms with E-state index in [1.165, 1.54) is 0 Å². The fraction of sp³-hybridized carbons (Fsp3) is 0.143. The van der Waals surface area contributed by atoms with Crippen molar-refractivity contribution in [1.29, 1.82) is 0 Å². The van der Waals surface area contributed by atoms with E-state index in [0.717, 1.165) is 33.8 Å². The lowest BCUT2D eigenvalue weighted by atomic mass is 10.3. The molecule has 2 aromatic heterocycles. The molecule has 0 unspecified atom stereocenters. The maximum Gasteiger partial charge on any atom is 0.113 e. The third-order valence-corrected chi connectivity index (χ3v) is 5.27. The summed E-state index contributed by atoms with van der Waals surface area (Å²) in [4.78, 5) is 0. The van der Waals surface area contributed by atoms with Gasteiger partial charge in [0, 0.05) is 0 Å². The van der Waals surface area contributed by atoms with Crippen LogP contribution in [0.3, 0.4) is 0 Å². The standard InChI is InChI=1S/C14H12N6S2/c1-3-7-13-11(5-1)15-17-19(13)9-21-22-10-20-14-8-4-2-6-12(14)16-18-20/h1-8H,9-10H2. The fourth-order valence-corrected chi connectivity index (χ4v) is 3.98. The summed E-state index contributed by atoms with van der Waals surface area (Å²) in [6.45, 7) is 0. The average Bonchev–Trinajstić information content (AvgIpc) is 3.16. The molecule has 0 saturated carbocycles. The molecule has 0 aliphatic heterocycles. The van der Waals surface area contributed by atoms with Crippen LogP contribution in [0.4, 0.5) is 0 Å². The van der Waals surface area contributed by atoms with Crippen molar-refractivity contribution in [2.24, 2.45) is 0 Å². The van der Waals surface area contributed by atoms with Crippen molar-refractivity contribution in [3.8, 4) is 0 Å². The fourth-order valence-electron chi connectivity index (χ4n) is 2.20. The molecule has 22 heavy (non-hydrogen) atoms. The second-order valence-electron chi connectivity index (χ2n) is 4.65. The summed E-state index contributed by atoms with van der Waals surface area (Å²) >= 11 is 0. The smallest absolute Gasteiger partial charge is 0.113 e. The zero-order valence-corrected chi connectivity index (χ0v) is 13.2. The zero-order chi connectivity index (χ0) is 14.8. The highest BCUT2D eigenvalue weighted by Gasteiger charge is 2.05. The number of nitrogens with zero attached hydrogens (tertiary/aromatic N) is 6. The topological polar surface area (TPSA) is 61.4 Å². The van der Waals surface area contributed by atoms with Gasteiger partial charge in [0.2, 0.25) is 0 Å². The Morgan fingerprint density at radius 1 is 0.682 bits per heavy atom. The van der Waals surface area contributed by atoms with Gasteiger partial charge < -0.3 is 0 Å². The first kappa shape index (κ1) is 13.6. The predicted octanol–water partition coefficient (Wildman–Crippen LogP) is 3.17. The van der Waals surface area contributed by atoms with E-state index in [9.17, 15) is 0 Å². The molecule has 0 spiro atoms. The molecule has 2 aromatic carbocycles. The van der Waals surface area contributed by atoms with Gasteiger partial charge in [0.15, 0.2) is 0 Å². The van der Waals surface area contributed by atoms with Gasteiger partial charge in [0.05, 0.1) is 22.8 Å². The predicted molar refractivity (Wildman–Crippen MR) is 90.2 cm³/mol. The van der Waals surface area contributed by atoms with Gasteiger partial charge in [-0.05, 0) is 24.3 Å². The van der Waals surface area contributed by atoms with Crippen molar-refractivity contribution in [3.63, 3.8) is 0 Å². The molecule has 0 aliphatic carbocycles. The minimum absolute atomic E-state index is 0.748. The third-order valence-electron chi connectivity index (χ3n) is 3.27. The SMILES string of the molecule is c1ccc2c(c1)nnn2CSSCn1nnc2ccccc21. The summed E-state index contributed by atoms with van der Waals surface area (Å²) in [7, 11) is 3.44. The summed E-state index contributed by atoms with van der Waals surface area (Å²) < 4.78 is 3.82. The van der Waals surface area contributed by atoms with Crippen LogP contribution in [0.1, 0.15) is 0 Å². The lowest BCUT2D eigenvalue weighted by molar-refractivity contribution is 0.721. The molecule has 0 fully saturated rings. The van der Waals surface area contributed by atoms with E-state index < -0.39 is 0 Å². The molecule has 0 aliphatic rings. The van der Waals surface area contributed by atoms with Gasteiger partial charge >= 0.3 is 0 Å². The van der Waals surface area contributed by atoms with Crippen LogP contribution in [0.2, 0.25) is 0 Å². The molecular weight excluding hydrogens is 316 g/mol. The summed E-state index contributed by atoms with van der Waals surface area (Å²) in [5, 5.41) is 16.7. The van der Waals surface area contributed by atoms with Crippen LogP contribution >= 0.6 is 21.6 Å². The largest absolute Gasteiger partial charge is 0.234 e. The molecular formula is C14H12N6S2. The highest BCUT2D eigenvalue weighted by Crippen LogP contribution is 2.26. The molecule has 6 nitrogen and oxygen atoms in total. The van der Waals surface area contributed by atoms with E-state index in [2.05, 4.69) is 20.6 Å². The van der Waals surface area contributed by atoms with Gasteiger partial charge in [-0.15, -0.1) is 10.2 Å². The number of hydrogen-bond donors (Lipinski definition) is 0. The van der Waals surface area contributed by atoms with Crippen molar-refractivity contribution < 1.29 is 0 Å². The quantitative estimate of drug-likeness (QED) is 0.414. The van der Waals surface area contributed by atoms with Crippen LogP contribution in [0.15, 0.2) is 48.5 Å². The first-order valence-corrected chi connectivity index (χ1v) is 9.21. The van der Waals surface area contributed by atoms with Gasteiger partial charge in [0.25, 0.3) is 0 Å². The van der Waals surface area contributed by atoms with E-state index in [-0.39, 0.29) is 0 Å². The van der Waals surface area contributed by atoms with Gasteiger partial charge in [0.1, 0.15) is 11.0 Å². The second kappa shape index (κ2) is 5.98. The Kier molecular flexibility index (Phi) is 3.69. The highest BCUT2D eigenvalue weighted by molar-refractivity contribution is 8.76. The zero-order valence-electron chi connectivity index (χ0n) is 11.5. The van der Waals surface area contributed by atoms with Crippen molar-refractivity contribution in [2.45, 2.75) is 11.8 Å². The Morgan fingerprint density at radius 2 is 1.14 bits per heavy atom. The summed E-state index contributed by atoms with van der Waals surface area (Å²) in [6.07, 6.45) is 0. The van der Waals surface area contributed by atoms with Gasteiger partial charge in [-0.25, -0.2) is 9.36 Å². The Morgan fingerprint density at radius 3 is 1.64 bits per heavy atom. The first-order chi connectivity index (χ1) is 10.9. The average molecular weight is 328 g/mol. The second-order valence-corrected chi connectivity index (χ2v) is 7.05. The van der Waals surface area contributed by atoms with Crippen LogP contribution in [0.5, 0.6) is 0 Å². The summed E-state index contributed by atoms with van der Waals surface area (Å²) in [6, 6.07) is 16.0. The van der Waals surface area contributed by atoms with Crippen molar-refractivity contribution in [3.05, 3.63) is 48.5 Å². The Labute approximate surface area is 134 Å². The molecule has 0 bridgehead atoms. The lowest BCUT2D eigenvalue weighted by Gasteiger charge is -2.03. The molecule has 0 saturated heterocycles. The lowest BCUT2D eigenvalue weighted by Crippen LogP contribution is -1.98. The molecule has 0 radical (unpaired) electrons. The number of para-hydroxylation sites is 2. The van der Waals surface area contributed by atoms with Crippen LogP contribution in [0.25, 0.3) is 22.1 Å². The van der Waals surface area contributed by atoms with Crippen LogP contribution in [-0.2, 0) is 11.8 Å². The van der Waals surface area contributed by atoms with E-state index in [1.807, 2.05) is 57.9 Å². The molecule has 0 amide bonds. The van der Waals surface area contributed by atoms with Gasteiger partial charge in [-0.1, -0.05) is 56.3 Å². The van der Waals surface area contributed by atoms with Crippen LogP contribution in [0, 0.1) is 0 Å². The van der Waals surface area contributed by atoms with Crippen LogP contribution in [-0.4, -0.2) is 30.0 Å². The van der Waals surface area contributed by atoms with Gasteiger partial charge in [-0.3, -0.25) is 0 Å². The number of fused-ring (bicyclic) bond motifs is 2. The van der Waals surface area contributed by atoms with Gasteiger partial charge in [-0.2, -0.15) is 0 Å². The molecule has 4 aromatic rings. The summed E-state index contributed by atoms with van der Waals surface area (Å²) in [5.41, 5.74) is 3.97. The number of benzene rings is 2.